The van der Waals surface area contributed by atoms with Crippen molar-refractivity contribution in [1.82, 2.24) is 10.6 Å². The minimum absolute atomic E-state index is 0. The number of hydrogen-bond donors (Lipinski definition) is 2. The molecule has 29 heavy (non-hydrogen) atoms. The number of hydrogen-bond acceptors (Lipinski definition) is 4. The number of nitrogens with zero attached hydrogens (tertiary/aromatic N) is 1. The van der Waals surface area contributed by atoms with Gasteiger partial charge in [-0.2, -0.15) is 0 Å². The quantitative estimate of drug-likeness (QED) is 0.351. The van der Waals surface area contributed by atoms with Crippen molar-refractivity contribution in [3.05, 3.63) is 24.2 Å². The Morgan fingerprint density at radius 1 is 1.03 bits per heavy atom. The normalized spacial score (nSPS) is 25.4. The van der Waals surface area contributed by atoms with E-state index in [1.54, 1.807) is 6.26 Å². The Morgan fingerprint density at radius 3 is 2.55 bits per heavy atom. The van der Waals surface area contributed by atoms with Gasteiger partial charge >= 0.3 is 0 Å². The molecule has 1 spiro atoms. The van der Waals surface area contributed by atoms with Crippen LogP contribution in [0.4, 0.5) is 0 Å². The van der Waals surface area contributed by atoms with E-state index in [0.29, 0.717) is 12.1 Å². The lowest BCUT2D eigenvalue weighted by atomic mass is 9.78. The fourth-order valence-corrected chi connectivity index (χ4v) is 4.79. The second kappa shape index (κ2) is 11.6. The standard InChI is InChI=1S/C22H35N3O3.HI/c1-2-10-22(11-3-1)17-19(9-16-28-22)25-21(24-18-7-14-26-15-8-18)23-12-6-20-5-4-13-27-20;/h4-5,13,18-19H,1-3,6-12,14-17H2,(H2,23,24,25);1H. The molecular weight excluding hydrogens is 481 g/mol. The molecule has 1 saturated carbocycles. The van der Waals surface area contributed by atoms with Gasteiger partial charge in [-0.05, 0) is 50.7 Å². The van der Waals surface area contributed by atoms with Gasteiger partial charge in [-0.3, -0.25) is 4.99 Å². The fraction of sp³-hybridized carbons (Fsp3) is 0.773. The average Bonchev–Trinajstić information content (AvgIpc) is 3.23. The van der Waals surface area contributed by atoms with Crippen LogP contribution >= 0.6 is 24.0 Å². The molecular formula is C22H36IN3O3. The number of rotatable bonds is 5. The number of ether oxygens (including phenoxy) is 2. The molecule has 1 aromatic heterocycles. The van der Waals surface area contributed by atoms with Gasteiger partial charge in [0.25, 0.3) is 0 Å². The highest BCUT2D eigenvalue weighted by Crippen LogP contribution is 2.38. The van der Waals surface area contributed by atoms with Gasteiger partial charge in [0.05, 0.1) is 11.9 Å². The van der Waals surface area contributed by atoms with Crippen LogP contribution in [0.25, 0.3) is 0 Å². The lowest BCUT2D eigenvalue weighted by Crippen LogP contribution is -2.54. The largest absolute Gasteiger partial charge is 0.469 e. The zero-order valence-corrected chi connectivity index (χ0v) is 19.7. The maximum absolute atomic E-state index is 6.27. The molecule has 3 heterocycles. The Bertz CT molecular complexity index is 605. The van der Waals surface area contributed by atoms with Gasteiger partial charge < -0.3 is 24.5 Å². The van der Waals surface area contributed by atoms with Crippen LogP contribution in [0.5, 0.6) is 0 Å². The molecule has 1 aromatic rings. The van der Waals surface area contributed by atoms with Crippen LogP contribution in [-0.4, -0.2) is 50.0 Å². The average molecular weight is 517 g/mol. The van der Waals surface area contributed by atoms with Crippen molar-refractivity contribution in [3.63, 3.8) is 0 Å². The summed E-state index contributed by atoms with van der Waals surface area (Å²) in [5.74, 6) is 1.93. The van der Waals surface area contributed by atoms with E-state index in [0.717, 1.165) is 70.2 Å². The SMILES string of the molecule is I.c1coc(CCN=C(NC2CCOCC2)NC2CCOC3(CCCCC3)C2)c1. The van der Waals surface area contributed by atoms with Gasteiger partial charge in [0, 0.05) is 44.9 Å². The van der Waals surface area contributed by atoms with Gasteiger partial charge in [-0.25, -0.2) is 0 Å². The molecule has 0 amide bonds. The Hall–Kier alpha value is -0.800. The van der Waals surface area contributed by atoms with Gasteiger partial charge in [-0.15, -0.1) is 24.0 Å². The minimum Gasteiger partial charge on any atom is -0.469 e. The Kier molecular flexibility index (Phi) is 9.11. The lowest BCUT2D eigenvalue weighted by Gasteiger charge is -2.44. The number of furan rings is 1. The van der Waals surface area contributed by atoms with Gasteiger partial charge in [0.2, 0.25) is 0 Å². The van der Waals surface area contributed by atoms with E-state index >= 15 is 0 Å². The third-order valence-electron chi connectivity index (χ3n) is 6.37. The second-order valence-electron chi connectivity index (χ2n) is 8.52. The first-order chi connectivity index (χ1) is 13.8. The molecule has 7 heteroatoms. The van der Waals surface area contributed by atoms with Crippen molar-refractivity contribution in [1.29, 1.82) is 0 Å². The molecule has 0 bridgehead atoms. The van der Waals surface area contributed by atoms with E-state index in [1.807, 2.05) is 12.1 Å². The van der Waals surface area contributed by atoms with E-state index in [2.05, 4.69) is 10.6 Å². The number of nitrogens with one attached hydrogen (secondary N) is 2. The summed E-state index contributed by atoms with van der Waals surface area (Å²) in [6.07, 6.45) is 13.2. The molecule has 3 aliphatic rings. The molecule has 1 unspecified atom stereocenters. The van der Waals surface area contributed by atoms with Gasteiger partial charge in [0.1, 0.15) is 5.76 Å². The van der Waals surface area contributed by atoms with Gasteiger partial charge in [0.15, 0.2) is 5.96 Å². The summed E-state index contributed by atoms with van der Waals surface area (Å²) < 4.78 is 17.2. The molecule has 1 aliphatic carbocycles. The van der Waals surface area contributed by atoms with Crippen LogP contribution < -0.4 is 10.6 Å². The highest BCUT2D eigenvalue weighted by molar-refractivity contribution is 14.0. The summed E-state index contributed by atoms with van der Waals surface area (Å²) in [6, 6.07) is 4.82. The Balaban J connectivity index is 0.00000240. The van der Waals surface area contributed by atoms with Crippen LogP contribution in [-0.2, 0) is 15.9 Å². The molecule has 2 saturated heterocycles. The summed E-state index contributed by atoms with van der Waals surface area (Å²) in [5, 5.41) is 7.40. The highest BCUT2D eigenvalue weighted by atomic mass is 127. The first-order valence-corrected chi connectivity index (χ1v) is 11.1. The number of aliphatic imine (C=N–C) groups is 1. The molecule has 4 rings (SSSR count). The topological polar surface area (TPSA) is 68.0 Å². The molecule has 0 radical (unpaired) electrons. The van der Waals surface area contributed by atoms with Crippen molar-refractivity contribution in [2.75, 3.05) is 26.4 Å². The summed E-state index contributed by atoms with van der Waals surface area (Å²) in [6.45, 7) is 3.24. The zero-order valence-electron chi connectivity index (χ0n) is 17.4. The first-order valence-electron chi connectivity index (χ1n) is 11.1. The van der Waals surface area contributed by atoms with Crippen LogP contribution in [0.2, 0.25) is 0 Å². The van der Waals surface area contributed by atoms with Crippen molar-refractivity contribution in [2.24, 2.45) is 4.99 Å². The van der Waals surface area contributed by atoms with E-state index in [-0.39, 0.29) is 29.6 Å². The maximum Gasteiger partial charge on any atom is 0.191 e. The lowest BCUT2D eigenvalue weighted by molar-refractivity contribution is -0.107. The Morgan fingerprint density at radius 2 is 1.79 bits per heavy atom. The third kappa shape index (κ3) is 6.85. The Labute approximate surface area is 191 Å². The molecule has 0 aromatic carbocycles. The molecule has 2 aliphatic heterocycles. The smallest absolute Gasteiger partial charge is 0.191 e. The first kappa shape index (κ1) is 22.9. The number of halogens is 1. The van der Waals surface area contributed by atoms with Crippen molar-refractivity contribution >= 4 is 29.9 Å². The van der Waals surface area contributed by atoms with Crippen LogP contribution in [0.1, 0.15) is 63.5 Å². The second-order valence-corrected chi connectivity index (χ2v) is 8.52. The summed E-state index contributed by atoms with van der Waals surface area (Å²) in [5.41, 5.74) is 0.103. The molecule has 3 fully saturated rings. The fourth-order valence-electron chi connectivity index (χ4n) is 4.79. The summed E-state index contributed by atoms with van der Waals surface area (Å²) in [4.78, 5) is 4.87. The van der Waals surface area contributed by atoms with Crippen LogP contribution in [0.15, 0.2) is 27.8 Å². The van der Waals surface area contributed by atoms with Crippen molar-refractivity contribution < 1.29 is 13.9 Å². The van der Waals surface area contributed by atoms with Gasteiger partial charge in [-0.1, -0.05) is 19.3 Å². The van der Waals surface area contributed by atoms with E-state index in [4.69, 9.17) is 18.9 Å². The molecule has 164 valence electrons. The molecule has 2 N–H and O–H groups in total. The van der Waals surface area contributed by atoms with Crippen LogP contribution in [0, 0.1) is 0 Å². The molecule has 1 atom stereocenters. The molecule has 6 nitrogen and oxygen atoms in total. The summed E-state index contributed by atoms with van der Waals surface area (Å²) >= 11 is 0. The van der Waals surface area contributed by atoms with Crippen molar-refractivity contribution in [3.8, 4) is 0 Å². The van der Waals surface area contributed by atoms with Crippen LogP contribution in [0.3, 0.4) is 0 Å². The zero-order chi connectivity index (χ0) is 19.1. The van der Waals surface area contributed by atoms with E-state index in [9.17, 15) is 0 Å². The van der Waals surface area contributed by atoms with E-state index < -0.39 is 0 Å². The maximum atomic E-state index is 6.27. The monoisotopic (exact) mass is 517 g/mol. The number of guanidine groups is 1. The van der Waals surface area contributed by atoms with E-state index in [1.165, 1.54) is 32.1 Å². The highest BCUT2D eigenvalue weighted by Gasteiger charge is 2.38. The minimum atomic E-state index is 0. The summed E-state index contributed by atoms with van der Waals surface area (Å²) in [7, 11) is 0. The third-order valence-corrected chi connectivity index (χ3v) is 6.37. The van der Waals surface area contributed by atoms with Crippen molar-refractivity contribution in [2.45, 2.75) is 81.9 Å². The predicted molar refractivity (Wildman–Crippen MR) is 125 cm³/mol. The predicted octanol–water partition coefficient (Wildman–Crippen LogP) is 4.04.